The predicted octanol–water partition coefficient (Wildman–Crippen LogP) is 4.90. The van der Waals surface area contributed by atoms with Crippen molar-refractivity contribution in [2.45, 2.75) is 12.7 Å². The van der Waals surface area contributed by atoms with Crippen LogP contribution in [0.5, 0.6) is 0 Å². The molecule has 8 heteroatoms. The van der Waals surface area contributed by atoms with Gasteiger partial charge in [0, 0.05) is 4.47 Å². The van der Waals surface area contributed by atoms with E-state index in [1.165, 1.54) is 30.5 Å². The number of alkyl halides is 3. The number of nitrogens with zero attached hydrogens (tertiary/aromatic N) is 1. The molecule has 2 aromatic rings. The summed E-state index contributed by atoms with van der Waals surface area (Å²) in [5.41, 5.74) is -0.00755. The minimum Gasteiger partial charge on any atom is -0.467 e. The van der Waals surface area contributed by atoms with Crippen molar-refractivity contribution >= 4 is 33.4 Å². The number of benzene rings is 1. The van der Waals surface area contributed by atoms with E-state index in [1.54, 1.807) is 6.07 Å². The lowest BCUT2D eigenvalue weighted by Crippen LogP contribution is -2.38. The van der Waals surface area contributed by atoms with Crippen LogP contribution in [0.2, 0.25) is 5.02 Å². The number of hydrogen-bond donors (Lipinski definition) is 0. The number of hydrogen-bond acceptors (Lipinski definition) is 2. The maximum atomic E-state index is 12.7. The molecule has 0 saturated heterocycles. The molecular formula is C14H10BrClF3NO2. The summed E-state index contributed by atoms with van der Waals surface area (Å²) in [4.78, 5) is 13.0. The largest absolute Gasteiger partial charge is 0.467 e. The van der Waals surface area contributed by atoms with Crippen molar-refractivity contribution in [3.63, 3.8) is 0 Å². The second-order valence-electron chi connectivity index (χ2n) is 4.48. The second kappa shape index (κ2) is 6.75. The smallest absolute Gasteiger partial charge is 0.406 e. The molecule has 0 aliphatic heterocycles. The zero-order valence-corrected chi connectivity index (χ0v) is 13.4. The summed E-state index contributed by atoms with van der Waals surface area (Å²) in [7, 11) is 0. The van der Waals surface area contributed by atoms with Gasteiger partial charge in [-0.2, -0.15) is 13.2 Å². The Hall–Kier alpha value is -1.47. The summed E-state index contributed by atoms with van der Waals surface area (Å²) in [6.07, 6.45) is -3.20. The first-order valence-electron chi connectivity index (χ1n) is 6.10. The number of amides is 1. The molecule has 0 N–H and O–H groups in total. The van der Waals surface area contributed by atoms with Gasteiger partial charge in [0.15, 0.2) is 0 Å². The van der Waals surface area contributed by atoms with Gasteiger partial charge in [-0.25, -0.2) is 0 Å². The highest BCUT2D eigenvalue weighted by Crippen LogP contribution is 2.25. The Bertz CT molecular complexity index is 659. The Labute approximate surface area is 137 Å². The van der Waals surface area contributed by atoms with Gasteiger partial charge >= 0.3 is 6.18 Å². The molecule has 0 unspecified atom stereocenters. The van der Waals surface area contributed by atoms with E-state index in [2.05, 4.69) is 15.9 Å². The van der Waals surface area contributed by atoms with Crippen molar-refractivity contribution in [2.75, 3.05) is 6.54 Å². The van der Waals surface area contributed by atoms with Gasteiger partial charge in [0.25, 0.3) is 5.91 Å². The SMILES string of the molecule is O=C(c1cc(Br)ccc1Cl)N(Cc1ccco1)CC(F)(F)F. The highest BCUT2D eigenvalue weighted by Gasteiger charge is 2.34. The fourth-order valence-corrected chi connectivity index (χ4v) is 2.40. The number of rotatable bonds is 4. The summed E-state index contributed by atoms with van der Waals surface area (Å²) < 4.78 is 43.7. The molecule has 0 atom stereocenters. The monoisotopic (exact) mass is 395 g/mol. The molecule has 0 aliphatic rings. The number of carbonyl (C=O) groups excluding carboxylic acids is 1. The Morgan fingerprint density at radius 3 is 2.64 bits per heavy atom. The fraction of sp³-hybridized carbons (Fsp3) is 0.214. The third-order valence-electron chi connectivity index (χ3n) is 2.74. The van der Waals surface area contributed by atoms with Crippen LogP contribution in [0, 0.1) is 0 Å². The van der Waals surface area contributed by atoms with Gasteiger partial charge in [0.2, 0.25) is 0 Å². The van der Waals surface area contributed by atoms with Crippen molar-refractivity contribution in [3.05, 3.63) is 57.4 Å². The zero-order chi connectivity index (χ0) is 16.3. The first kappa shape index (κ1) is 16.9. The van der Waals surface area contributed by atoms with Crippen LogP contribution in [0.15, 0.2) is 45.5 Å². The normalized spacial score (nSPS) is 11.5. The van der Waals surface area contributed by atoms with E-state index >= 15 is 0 Å². The van der Waals surface area contributed by atoms with Crippen molar-refractivity contribution in [1.29, 1.82) is 0 Å². The molecule has 0 saturated carbocycles. The molecule has 1 aromatic carbocycles. The van der Waals surface area contributed by atoms with Crippen LogP contribution in [0.4, 0.5) is 13.2 Å². The molecule has 1 aromatic heterocycles. The van der Waals surface area contributed by atoms with Crippen LogP contribution in [-0.2, 0) is 6.54 Å². The molecule has 118 valence electrons. The number of furan rings is 1. The molecule has 0 spiro atoms. The molecule has 0 bridgehead atoms. The van der Waals surface area contributed by atoms with E-state index in [0.29, 0.717) is 9.37 Å². The van der Waals surface area contributed by atoms with Crippen molar-refractivity contribution < 1.29 is 22.4 Å². The van der Waals surface area contributed by atoms with E-state index in [0.717, 1.165) is 0 Å². The summed E-state index contributed by atoms with van der Waals surface area (Å²) in [5.74, 6) is -0.566. The van der Waals surface area contributed by atoms with Crippen LogP contribution in [-0.4, -0.2) is 23.5 Å². The Morgan fingerprint density at radius 2 is 2.05 bits per heavy atom. The first-order valence-corrected chi connectivity index (χ1v) is 7.27. The number of halogens is 5. The fourth-order valence-electron chi connectivity index (χ4n) is 1.84. The van der Waals surface area contributed by atoms with Crippen molar-refractivity contribution in [3.8, 4) is 0 Å². The lowest BCUT2D eigenvalue weighted by Gasteiger charge is -2.23. The molecule has 0 fully saturated rings. The Balaban J connectivity index is 2.30. The van der Waals surface area contributed by atoms with E-state index in [4.69, 9.17) is 16.0 Å². The predicted molar refractivity (Wildman–Crippen MR) is 78.7 cm³/mol. The highest BCUT2D eigenvalue weighted by molar-refractivity contribution is 9.10. The zero-order valence-electron chi connectivity index (χ0n) is 11.0. The molecular weight excluding hydrogens is 387 g/mol. The van der Waals surface area contributed by atoms with Crippen LogP contribution in [0.3, 0.4) is 0 Å². The molecule has 2 rings (SSSR count). The van der Waals surface area contributed by atoms with Crippen molar-refractivity contribution in [1.82, 2.24) is 4.90 Å². The Kier molecular flexibility index (Phi) is 5.18. The van der Waals surface area contributed by atoms with Crippen LogP contribution < -0.4 is 0 Å². The third kappa shape index (κ3) is 4.51. The number of carbonyl (C=O) groups is 1. The van der Waals surface area contributed by atoms with Crippen LogP contribution in [0.1, 0.15) is 16.1 Å². The van der Waals surface area contributed by atoms with E-state index in [-0.39, 0.29) is 22.9 Å². The van der Waals surface area contributed by atoms with Gasteiger partial charge in [0.1, 0.15) is 12.3 Å². The average molecular weight is 397 g/mol. The summed E-state index contributed by atoms with van der Waals surface area (Å²) in [6.45, 7) is -1.69. The average Bonchev–Trinajstić information content (AvgIpc) is 2.91. The molecule has 22 heavy (non-hydrogen) atoms. The second-order valence-corrected chi connectivity index (χ2v) is 5.80. The van der Waals surface area contributed by atoms with Gasteiger partial charge in [-0.05, 0) is 30.3 Å². The minimum absolute atomic E-state index is 0.00755. The van der Waals surface area contributed by atoms with Gasteiger partial charge in [-0.3, -0.25) is 4.79 Å². The first-order chi connectivity index (χ1) is 10.3. The minimum atomic E-state index is -4.53. The molecule has 1 heterocycles. The maximum absolute atomic E-state index is 12.7. The highest BCUT2D eigenvalue weighted by atomic mass is 79.9. The standard InChI is InChI=1S/C14H10BrClF3NO2/c15-9-3-4-12(16)11(6-9)13(21)20(8-14(17,18)19)7-10-2-1-5-22-10/h1-6H,7-8H2. The van der Waals surface area contributed by atoms with Crippen molar-refractivity contribution in [2.24, 2.45) is 0 Å². The molecule has 3 nitrogen and oxygen atoms in total. The quantitative estimate of drug-likeness (QED) is 0.736. The van der Waals surface area contributed by atoms with Gasteiger partial charge in [-0.1, -0.05) is 27.5 Å². The maximum Gasteiger partial charge on any atom is 0.406 e. The topological polar surface area (TPSA) is 33.5 Å². The van der Waals surface area contributed by atoms with E-state index in [1.807, 2.05) is 0 Å². The molecule has 0 radical (unpaired) electrons. The lowest BCUT2D eigenvalue weighted by molar-refractivity contribution is -0.142. The summed E-state index contributed by atoms with van der Waals surface area (Å²) in [6, 6.07) is 7.46. The van der Waals surface area contributed by atoms with E-state index < -0.39 is 18.6 Å². The lowest BCUT2D eigenvalue weighted by atomic mass is 10.2. The van der Waals surface area contributed by atoms with Gasteiger partial charge < -0.3 is 9.32 Å². The summed E-state index contributed by atoms with van der Waals surface area (Å²) in [5, 5.41) is 0.0832. The molecule has 1 amide bonds. The Morgan fingerprint density at radius 1 is 1.32 bits per heavy atom. The van der Waals surface area contributed by atoms with Crippen LogP contribution >= 0.6 is 27.5 Å². The third-order valence-corrected chi connectivity index (χ3v) is 3.57. The molecule has 0 aliphatic carbocycles. The van der Waals surface area contributed by atoms with Gasteiger partial charge in [0.05, 0.1) is 23.4 Å². The summed E-state index contributed by atoms with van der Waals surface area (Å²) >= 11 is 9.08. The van der Waals surface area contributed by atoms with Gasteiger partial charge in [-0.15, -0.1) is 0 Å². The van der Waals surface area contributed by atoms with E-state index in [9.17, 15) is 18.0 Å². The van der Waals surface area contributed by atoms with Crippen LogP contribution in [0.25, 0.3) is 0 Å².